The van der Waals surface area contributed by atoms with Gasteiger partial charge >= 0.3 is 5.97 Å². The second-order valence-electron chi connectivity index (χ2n) is 5.84. The van der Waals surface area contributed by atoms with Crippen molar-refractivity contribution in [3.05, 3.63) is 42.1 Å². The molecule has 0 unspecified atom stereocenters. The summed E-state index contributed by atoms with van der Waals surface area (Å²) >= 11 is 9.69. The molecule has 0 radical (unpaired) electrons. The lowest BCUT2D eigenvalue weighted by Crippen LogP contribution is -2.23. The van der Waals surface area contributed by atoms with Crippen molar-refractivity contribution in [1.29, 1.82) is 0 Å². The molecule has 0 spiro atoms. The summed E-state index contributed by atoms with van der Waals surface area (Å²) in [7, 11) is 0. The molecule has 26 heavy (non-hydrogen) atoms. The minimum atomic E-state index is -1.07. The number of rotatable bonds is 6. The highest BCUT2D eigenvalue weighted by Crippen LogP contribution is 2.36. The normalized spacial score (nSPS) is 14.2. The lowest BCUT2D eigenvalue weighted by atomic mass is 10.1. The summed E-state index contributed by atoms with van der Waals surface area (Å²) in [4.78, 5) is 28.3. The molecule has 1 aromatic carbocycles. The molecule has 3 rings (SSSR count). The van der Waals surface area contributed by atoms with E-state index >= 15 is 0 Å². The number of carboxylic acid groups (broad SMARTS) is 1. The van der Waals surface area contributed by atoms with Crippen LogP contribution in [0.25, 0.3) is 5.57 Å². The number of benzene rings is 1. The number of fused-ring (bicyclic) bond motifs is 1. The first-order chi connectivity index (χ1) is 12.3. The van der Waals surface area contributed by atoms with E-state index in [0.29, 0.717) is 23.4 Å². The number of hydrogen-bond acceptors (Lipinski definition) is 5. The van der Waals surface area contributed by atoms with E-state index in [1.54, 1.807) is 18.2 Å². The monoisotopic (exact) mass is 454 g/mol. The SMILES string of the molecule is CCCC[C@@H](C(=O)O)n1c(O)c(C2=c3cc(Br)ccc3=NC2=O)sc1=S. The van der Waals surface area contributed by atoms with E-state index in [4.69, 9.17) is 12.2 Å². The van der Waals surface area contributed by atoms with Crippen molar-refractivity contribution in [1.82, 2.24) is 4.57 Å². The highest BCUT2D eigenvalue weighted by Gasteiger charge is 2.30. The molecule has 6 nitrogen and oxygen atoms in total. The Labute approximate surface area is 166 Å². The van der Waals surface area contributed by atoms with Gasteiger partial charge in [-0.2, -0.15) is 0 Å². The van der Waals surface area contributed by atoms with Crippen LogP contribution in [0.2, 0.25) is 0 Å². The molecular weight excluding hydrogens is 440 g/mol. The minimum Gasteiger partial charge on any atom is -0.493 e. The standard InChI is InChI=1S/C17H15BrN2O4S2/c1-2-3-4-11(16(23)24)20-15(22)13(26-17(20)25)12-9-7-8(18)5-6-10(9)19-14(12)21/h5-7,11,22H,2-4H2,1H3,(H,23,24)/t11-/m0/s1. The molecule has 1 amide bonds. The van der Waals surface area contributed by atoms with E-state index in [0.717, 1.165) is 22.2 Å². The highest BCUT2D eigenvalue weighted by molar-refractivity contribution is 9.10. The second-order valence-corrected chi connectivity index (χ2v) is 8.40. The molecule has 1 aliphatic heterocycles. The number of unbranched alkanes of at least 4 members (excludes halogenated alkanes) is 1. The summed E-state index contributed by atoms with van der Waals surface area (Å²) in [5.41, 5.74) is 0.244. The first-order valence-corrected chi connectivity index (χ1v) is 9.97. The largest absolute Gasteiger partial charge is 0.493 e. The van der Waals surface area contributed by atoms with E-state index in [9.17, 15) is 19.8 Å². The predicted octanol–water partition coefficient (Wildman–Crippen LogP) is 2.92. The van der Waals surface area contributed by atoms with Gasteiger partial charge in [-0.15, -0.1) is 11.3 Å². The first-order valence-electron chi connectivity index (χ1n) is 7.95. The summed E-state index contributed by atoms with van der Waals surface area (Å²) in [6.07, 6.45) is 1.86. The van der Waals surface area contributed by atoms with Crippen LogP contribution < -0.4 is 10.6 Å². The number of thiazole rings is 1. The Morgan fingerprint density at radius 1 is 1.46 bits per heavy atom. The van der Waals surface area contributed by atoms with E-state index in [1.807, 2.05) is 6.92 Å². The Morgan fingerprint density at radius 2 is 2.19 bits per heavy atom. The van der Waals surface area contributed by atoms with Crippen LogP contribution in [0.4, 0.5) is 0 Å². The first kappa shape index (κ1) is 18.9. The van der Waals surface area contributed by atoms with Gasteiger partial charge in [0, 0.05) is 9.69 Å². The van der Waals surface area contributed by atoms with Crippen molar-refractivity contribution < 1.29 is 19.8 Å². The maximum absolute atomic E-state index is 12.4. The Morgan fingerprint density at radius 3 is 2.85 bits per heavy atom. The van der Waals surface area contributed by atoms with Gasteiger partial charge in [0.05, 0.1) is 10.9 Å². The van der Waals surface area contributed by atoms with Crippen molar-refractivity contribution in [2.24, 2.45) is 4.99 Å². The van der Waals surface area contributed by atoms with Crippen LogP contribution in [0.3, 0.4) is 0 Å². The number of hydrogen-bond donors (Lipinski definition) is 2. The zero-order valence-corrected chi connectivity index (χ0v) is 16.9. The van der Waals surface area contributed by atoms with Crippen LogP contribution >= 0.6 is 39.5 Å². The van der Waals surface area contributed by atoms with Gasteiger partial charge in [0.25, 0.3) is 5.91 Å². The second kappa shape index (κ2) is 7.42. The number of aromatic hydroxyl groups is 1. The van der Waals surface area contributed by atoms with E-state index < -0.39 is 17.9 Å². The number of halogens is 1. The summed E-state index contributed by atoms with van der Waals surface area (Å²) in [5, 5.41) is 21.4. The van der Waals surface area contributed by atoms with Crippen LogP contribution in [-0.2, 0) is 9.59 Å². The van der Waals surface area contributed by atoms with Crippen LogP contribution in [0, 0.1) is 3.95 Å². The third kappa shape index (κ3) is 3.26. The molecule has 2 aromatic rings. The van der Waals surface area contributed by atoms with Crippen molar-refractivity contribution in [2.75, 3.05) is 0 Å². The number of nitrogens with zero attached hydrogens (tertiary/aromatic N) is 2. The highest BCUT2D eigenvalue weighted by atomic mass is 79.9. The maximum atomic E-state index is 12.4. The van der Waals surface area contributed by atoms with E-state index in [1.165, 1.54) is 4.57 Å². The lowest BCUT2D eigenvalue weighted by Gasteiger charge is -2.14. The zero-order valence-electron chi connectivity index (χ0n) is 13.7. The lowest BCUT2D eigenvalue weighted by molar-refractivity contribution is -0.141. The molecule has 0 fully saturated rings. The minimum absolute atomic E-state index is 0.213. The van der Waals surface area contributed by atoms with Gasteiger partial charge in [-0.3, -0.25) is 9.36 Å². The van der Waals surface area contributed by atoms with Crippen molar-refractivity contribution >= 4 is 56.9 Å². The van der Waals surface area contributed by atoms with Crippen LogP contribution in [-0.4, -0.2) is 26.7 Å². The van der Waals surface area contributed by atoms with Crippen LogP contribution in [0.15, 0.2) is 27.7 Å². The summed E-state index contributed by atoms with van der Waals surface area (Å²) in [6, 6.07) is 4.26. The summed E-state index contributed by atoms with van der Waals surface area (Å²) in [5.74, 6) is -1.84. The van der Waals surface area contributed by atoms with Gasteiger partial charge in [0.15, 0.2) is 3.95 Å². The zero-order chi connectivity index (χ0) is 19.0. The molecule has 9 heteroatoms. The molecule has 2 heterocycles. The van der Waals surface area contributed by atoms with Crippen LogP contribution in [0.5, 0.6) is 5.88 Å². The quantitative estimate of drug-likeness (QED) is 0.654. The van der Waals surface area contributed by atoms with Crippen molar-refractivity contribution in [2.45, 2.75) is 32.2 Å². The predicted molar refractivity (Wildman–Crippen MR) is 103 cm³/mol. The fourth-order valence-corrected chi connectivity index (χ4v) is 4.68. The molecule has 136 valence electrons. The molecule has 0 aliphatic carbocycles. The average Bonchev–Trinajstić information content (AvgIpc) is 3.04. The van der Waals surface area contributed by atoms with E-state index in [2.05, 4.69) is 20.9 Å². The third-order valence-corrected chi connectivity index (χ3v) is 6.04. The molecule has 1 aromatic heterocycles. The van der Waals surface area contributed by atoms with Gasteiger partial charge in [-0.25, -0.2) is 9.79 Å². The fraction of sp³-hybridized carbons (Fsp3) is 0.294. The van der Waals surface area contributed by atoms with Crippen LogP contribution in [0.1, 0.15) is 37.1 Å². The Bertz CT molecular complexity index is 1090. The van der Waals surface area contributed by atoms with Gasteiger partial charge in [-0.1, -0.05) is 35.7 Å². The van der Waals surface area contributed by atoms with Gasteiger partial charge in [0.1, 0.15) is 10.9 Å². The van der Waals surface area contributed by atoms with Gasteiger partial charge in [-0.05, 0) is 36.8 Å². The van der Waals surface area contributed by atoms with Crippen molar-refractivity contribution in [3.8, 4) is 5.88 Å². The third-order valence-electron chi connectivity index (χ3n) is 4.14. The van der Waals surface area contributed by atoms with Gasteiger partial charge < -0.3 is 10.2 Å². The Kier molecular flexibility index (Phi) is 5.40. The summed E-state index contributed by atoms with van der Waals surface area (Å²) in [6.45, 7) is 1.96. The molecule has 0 saturated carbocycles. The summed E-state index contributed by atoms with van der Waals surface area (Å²) < 4.78 is 2.21. The number of carbonyl (C=O) groups excluding carboxylic acids is 1. The molecule has 2 N–H and O–H groups in total. The van der Waals surface area contributed by atoms with Crippen molar-refractivity contribution in [3.63, 3.8) is 0 Å². The molecular formula is C17H15BrN2O4S2. The Hall–Kier alpha value is -1.84. The number of amides is 1. The number of carboxylic acids is 1. The molecule has 1 atom stereocenters. The topological polar surface area (TPSA) is 91.9 Å². The number of aromatic nitrogens is 1. The number of aliphatic carboxylic acids is 1. The van der Waals surface area contributed by atoms with Gasteiger partial charge in [0.2, 0.25) is 5.88 Å². The maximum Gasteiger partial charge on any atom is 0.326 e. The molecule has 0 saturated heterocycles. The number of carbonyl (C=O) groups is 2. The van der Waals surface area contributed by atoms with E-state index in [-0.39, 0.29) is 20.3 Å². The smallest absolute Gasteiger partial charge is 0.326 e. The Balaban J connectivity index is 2.22. The fourth-order valence-electron chi connectivity index (χ4n) is 2.88. The molecule has 0 bridgehead atoms. The average molecular weight is 455 g/mol. The molecule has 1 aliphatic rings.